The van der Waals surface area contributed by atoms with E-state index in [0.29, 0.717) is 11.7 Å². The third-order valence-corrected chi connectivity index (χ3v) is 2.83. The van der Waals surface area contributed by atoms with Crippen molar-refractivity contribution in [3.63, 3.8) is 0 Å². The van der Waals surface area contributed by atoms with Crippen molar-refractivity contribution in [2.75, 3.05) is 11.1 Å². The molecule has 0 unspecified atom stereocenters. The lowest BCUT2D eigenvalue weighted by molar-refractivity contribution is 0.543. The van der Waals surface area contributed by atoms with Crippen LogP contribution in [0.3, 0.4) is 0 Å². The van der Waals surface area contributed by atoms with Crippen molar-refractivity contribution >= 4 is 11.6 Å². The van der Waals surface area contributed by atoms with Crippen molar-refractivity contribution < 1.29 is 0 Å². The van der Waals surface area contributed by atoms with Gasteiger partial charge in [-0.15, -0.1) is 0 Å². The highest BCUT2D eigenvalue weighted by atomic mass is 15.1. The molecule has 16 heavy (non-hydrogen) atoms. The monoisotopic (exact) mass is 222 g/mol. The quantitative estimate of drug-likeness (QED) is 0.822. The highest BCUT2D eigenvalue weighted by Crippen LogP contribution is 2.28. The summed E-state index contributed by atoms with van der Waals surface area (Å²) in [6.45, 7) is 10.6. The number of aromatic nitrogens is 2. The van der Waals surface area contributed by atoms with Gasteiger partial charge in [0.25, 0.3) is 0 Å². The molecule has 0 radical (unpaired) electrons. The largest absolute Gasteiger partial charge is 0.383 e. The van der Waals surface area contributed by atoms with Crippen LogP contribution in [0.25, 0.3) is 0 Å². The summed E-state index contributed by atoms with van der Waals surface area (Å²) < 4.78 is 0. The minimum absolute atomic E-state index is 0.0183. The Morgan fingerprint density at radius 2 is 2.00 bits per heavy atom. The first-order valence-electron chi connectivity index (χ1n) is 5.76. The normalized spacial score (nSPS) is 11.9. The van der Waals surface area contributed by atoms with Gasteiger partial charge in [0, 0.05) is 11.1 Å². The lowest BCUT2D eigenvalue weighted by atomic mass is 9.99. The molecule has 0 saturated carbocycles. The second-order valence-corrected chi connectivity index (χ2v) is 5.04. The highest BCUT2D eigenvalue weighted by molar-refractivity contribution is 5.57. The molecule has 0 aliphatic rings. The maximum absolute atomic E-state index is 5.89. The Labute approximate surface area is 97.7 Å². The van der Waals surface area contributed by atoms with Gasteiger partial charge in [-0.25, -0.2) is 9.97 Å². The van der Waals surface area contributed by atoms with Crippen LogP contribution < -0.4 is 11.1 Å². The lowest BCUT2D eigenvalue weighted by Gasteiger charge is -2.27. The van der Waals surface area contributed by atoms with Crippen molar-refractivity contribution in [3.05, 3.63) is 11.9 Å². The van der Waals surface area contributed by atoms with Crippen LogP contribution in [0.5, 0.6) is 0 Å². The molecular weight excluding hydrogens is 200 g/mol. The van der Waals surface area contributed by atoms with Gasteiger partial charge in [-0.05, 0) is 26.2 Å². The van der Waals surface area contributed by atoms with Gasteiger partial charge in [0.2, 0.25) is 0 Å². The maximum atomic E-state index is 5.89. The minimum Gasteiger partial charge on any atom is -0.383 e. The molecular formula is C12H22N4. The molecule has 1 heterocycles. The second-order valence-electron chi connectivity index (χ2n) is 5.04. The van der Waals surface area contributed by atoms with Gasteiger partial charge in [-0.2, -0.15) is 0 Å². The van der Waals surface area contributed by atoms with Crippen LogP contribution >= 0.6 is 0 Å². The number of hydrogen-bond acceptors (Lipinski definition) is 4. The fourth-order valence-corrected chi connectivity index (χ4v) is 1.49. The smallest absolute Gasteiger partial charge is 0.135 e. The molecule has 0 aromatic carbocycles. The average Bonchev–Trinajstić information content (AvgIpc) is 2.16. The van der Waals surface area contributed by atoms with Crippen LogP contribution in [0.4, 0.5) is 11.6 Å². The molecule has 0 atom stereocenters. The molecule has 0 saturated heterocycles. The summed E-state index contributed by atoms with van der Waals surface area (Å²) >= 11 is 0. The van der Waals surface area contributed by atoms with Gasteiger partial charge in [-0.3, -0.25) is 0 Å². The van der Waals surface area contributed by atoms with Crippen molar-refractivity contribution in [2.24, 2.45) is 0 Å². The number of hydrogen-bond donors (Lipinski definition) is 2. The molecule has 1 aromatic heterocycles. The highest BCUT2D eigenvalue weighted by Gasteiger charge is 2.19. The summed E-state index contributed by atoms with van der Waals surface area (Å²) in [5.41, 5.74) is 6.91. The zero-order chi connectivity index (χ0) is 12.3. The van der Waals surface area contributed by atoms with E-state index in [1.54, 1.807) is 0 Å². The molecule has 1 rings (SSSR count). The van der Waals surface area contributed by atoms with Crippen LogP contribution in [0.1, 0.15) is 52.5 Å². The zero-order valence-corrected chi connectivity index (χ0v) is 10.8. The summed E-state index contributed by atoms with van der Waals surface area (Å²) in [4.78, 5) is 8.34. The van der Waals surface area contributed by atoms with Gasteiger partial charge in [0.05, 0.1) is 0 Å². The molecule has 3 N–H and O–H groups in total. The molecule has 0 spiro atoms. The third-order valence-electron chi connectivity index (χ3n) is 2.83. The standard InChI is InChI=1S/C12H22N4/c1-6-12(4,5)16-11-9(8(2)3)10(13)14-7-15-11/h7-8H,6H2,1-5H3,(H3,13,14,15,16). The Morgan fingerprint density at radius 1 is 1.38 bits per heavy atom. The SMILES string of the molecule is CCC(C)(C)Nc1ncnc(N)c1C(C)C. The van der Waals surface area contributed by atoms with Crippen molar-refractivity contribution in [1.29, 1.82) is 0 Å². The first-order valence-corrected chi connectivity index (χ1v) is 5.76. The molecule has 4 heteroatoms. The Kier molecular flexibility index (Phi) is 3.73. The summed E-state index contributed by atoms with van der Waals surface area (Å²) in [6.07, 6.45) is 2.53. The van der Waals surface area contributed by atoms with E-state index in [1.165, 1.54) is 6.33 Å². The van der Waals surface area contributed by atoms with Gasteiger partial charge < -0.3 is 11.1 Å². The van der Waals surface area contributed by atoms with Crippen LogP contribution in [0, 0.1) is 0 Å². The van der Waals surface area contributed by atoms with Crippen molar-refractivity contribution in [3.8, 4) is 0 Å². The summed E-state index contributed by atoms with van der Waals surface area (Å²) in [6, 6.07) is 0. The topological polar surface area (TPSA) is 63.8 Å². The van der Waals surface area contributed by atoms with Crippen LogP contribution in [0.15, 0.2) is 6.33 Å². The predicted octanol–water partition coefficient (Wildman–Crippen LogP) is 2.78. The van der Waals surface area contributed by atoms with E-state index >= 15 is 0 Å². The molecule has 0 aliphatic carbocycles. The number of anilines is 2. The first kappa shape index (κ1) is 12.7. The Morgan fingerprint density at radius 3 is 2.50 bits per heavy atom. The van der Waals surface area contributed by atoms with E-state index in [0.717, 1.165) is 17.8 Å². The van der Waals surface area contributed by atoms with E-state index in [4.69, 9.17) is 5.73 Å². The Hall–Kier alpha value is -1.32. The van der Waals surface area contributed by atoms with Gasteiger partial charge in [0.15, 0.2) is 0 Å². The average molecular weight is 222 g/mol. The van der Waals surface area contributed by atoms with Gasteiger partial charge in [-0.1, -0.05) is 20.8 Å². The molecule has 90 valence electrons. The molecule has 0 amide bonds. The number of nitrogens with one attached hydrogen (secondary N) is 1. The minimum atomic E-state index is 0.0183. The second kappa shape index (κ2) is 4.68. The van der Waals surface area contributed by atoms with E-state index in [2.05, 4.69) is 49.9 Å². The number of rotatable bonds is 4. The van der Waals surface area contributed by atoms with E-state index in [1.807, 2.05) is 0 Å². The fourth-order valence-electron chi connectivity index (χ4n) is 1.49. The Bertz CT molecular complexity index is 358. The van der Waals surface area contributed by atoms with Crippen LogP contribution in [-0.4, -0.2) is 15.5 Å². The summed E-state index contributed by atoms with van der Waals surface area (Å²) in [5.74, 6) is 1.74. The molecule has 0 fully saturated rings. The molecule has 0 bridgehead atoms. The van der Waals surface area contributed by atoms with E-state index in [-0.39, 0.29) is 5.54 Å². The first-order chi connectivity index (χ1) is 7.37. The van der Waals surface area contributed by atoms with E-state index in [9.17, 15) is 0 Å². The number of nitrogens with zero attached hydrogens (tertiary/aromatic N) is 2. The number of nitrogen functional groups attached to an aromatic ring is 1. The van der Waals surface area contributed by atoms with Gasteiger partial charge >= 0.3 is 0 Å². The van der Waals surface area contributed by atoms with Crippen molar-refractivity contribution in [1.82, 2.24) is 9.97 Å². The third kappa shape index (κ3) is 2.84. The maximum Gasteiger partial charge on any atom is 0.135 e. The summed E-state index contributed by atoms with van der Waals surface area (Å²) in [5, 5.41) is 3.43. The zero-order valence-electron chi connectivity index (χ0n) is 10.8. The van der Waals surface area contributed by atoms with Crippen LogP contribution in [-0.2, 0) is 0 Å². The number of nitrogens with two attached hydrogens (primary N) is 1. The van der Waals surface area contributed by atoms with E-state index < -0.39 is 0 Å². The lowest BCUT2D eigenvalue weighted by Crippen LogP contribution is -2.31. The molecule has 0 aliphatic heterocycles. The van der Waals surface area contributed by atoms with Gasteiger partial charge in [0.1, 0.15) is 18.0 Å². The molecule has 4 nitrogen and oxygen atoms in total. The summed E-state index contributed by atoms with van der Waals surface area (Å²) in [7, 11) is 0. The molecule has 1 aromatic rings. The van der Waals surface area contributed by atoms with Crippen molar-refractivity contribution in [2.45, 2.75) is 52.5 Å². The Balaban J connectivity index is 3.09. The van der Waals surface area contributed by atoms with Crippen LogP contribution in [0.2, 0.25) is 0 Å². The predicted molar refractivity (Wildman–Crippen MR) is 68.5 cm³/mol. The fraction of sp³-hybridized carbons (Fsp3) is 0.667.